The van der Waals surface area contributed by atoms with E-state index in [2.05, 4.69) is 26.1 Å². The molecule has 1 N–H and O–H groups in total. The number of hydrogen-bond acceptors (Lipinski definition) is 10. The van der Waals surface area contributed by atoms with Crippen molar-refractivity contribution in [3.63, 3.8) is 0 Å². The number of aromatic amines is 1. The van der Waals surface area contributed by atoms with Gasteiger partial charge in [0.2, 0.25) is 0 Å². The Labute approximate surface area is 208 Å². The molecule has 184 valence electrons. The van der Waals surface area contributed by atoms with E-state index in [0.29, 0.717) is 19.0 Å². The fourth-order valence-electron chi connectivity index (χ4n) is 4.81. The van der Waals surface area contributed by atoms with Crippen LogP contribution in [0.2, 0.25) is 0 Å². The van der Waals surface area contributed by atoms with Crippen LogP contribution in [0.4, 0.5) is 5.82 Å². The average Bonchev–Trinajstić information content (AvgIpc) is 3.51. The first-order valence-corrected chi connectivity index (χ1v) is 13.9. The number of benzene rings is 1. The van der Waals surface area contributed by atoms with Crippen LogP contribution in [0.15, 0.2) is 30.5 Å². The van der Waals surface area contributed by atoms with Crippen LogP contribution in [-0.2, 0) is 22.0 Å². The van der Waals surface area contributed by atoms with Crippen LogP contribution in [0.1, 0.15) is 4.88 Å². The maximum atomic E-state index is 11.0. The van der Waals surface area contributed by atoms with Gasteiger partial charge in [-0.05, 0) is 12.1 Å². The van der Waals surface area contributed by atoms with Gasteiger partial charge in [0, 0.05) is 61.6 Å². The molecular weight excluding hydrogens is 486 g/mol. The van der Waals surface area contributed by atoms with Gasteiger partial charge >= 0.3 is 0 Å². The van der Waals surface area contributed by atoms with Crippen LogP contribution in [0.25, 0.3) is 32.5 Å². The van der Waals surface area contributed by atoms with Gasteiger partial charge in [-0.15, -0.1) is 11.3 Å². The summed E-state index contributed by atoms with van der Waals surface area (Å²) in [5, 5.41) is 9.33. The highest BCUT2D eigenvalue weighted by Crippen LogP contribution is 2.35. The smallest absolute Gasteiger partial charge is 0.163 e. The number of anilines is 1. The number of piperazine rings is 1. The molecule has 0 bridgehead atoms. The second kappa shape index (κ2) is 9.78. The second-order valence-electron chi connectivity index (χ2n) is 8.91. The van der Waals surface area contributed by atoms with E-state index in [1.54, 1.807) is 11.3 Å². The van der Waals surface area contributed by atoms with Gasteiger partial charge in [0.15, 0.2) is 16.5 Å². The van der Waals surface area contributed by atoms with E-state index in [4.69, 9.17) is 14.7 Å². The maximum absolute atomic E-state index is 11.0. The molecule has 12 heteroatoms. The minimum Gasteiger partial charge on any atom is -0.378 e. The molecule has 0 amide bonds. The number of morpholine rings is 1. The Balaban J connectivity index is 1.34. The summed E-state index contributed by atoms with van der Waals surface area (Å²) in [5.41, 5.74) is 1.93. The molecule has 5 heterocycles. The first kappa shape index (κ1) is 22.8. The molecule has 2 aliphatic heterocycles. The zero-order valence-corrected chi connectivity index (χ0v) is 20.9. The standard InChI is InChI=1S/C23H27N7O3S2/c31-35(32)15-29-6-4-28(5-7-29)14-16-12-18-22(30-8-10-33-11-9-30)25-21(26-23(18)34-16)17-2-1-3-20-19(17)13-24-27-20/h1-3,12-13,35H,4-11,14-15H2,(H,24,27). The van der Waals surface area contributed by atoms with Crippen molar-refractivity contribution in [2.24, 2.45) is 0 Å². The van der Waals surface area contributed by atoms with Gasteiger partial charge in [-0.25, -0.2) is 18.4 Å². The lowest BCUT2D eigenvalue weighted by atomic mass is 10.1. The molecule has 0 aliphatic carbocycles. The molecule has 1 aromatic carbocycles. The zero-order valence-electron chi connectivity index (χ0n) is 19.2. The van der Waals surface area contributed by atoms with E-state index in [1.807, 2.05) is 29.3 Å². The van der Waals surface area contributed by atoms with Crippen molar-refractivity contribution in [3.8, 4) is 11.4 Å². The molecule has 0 spiro atoms. The number of hydrogen-bond donors (Lipinski definition) is 2. The minimum atomic E-state index is -2.37. The van der Waals surface area contributed by atoms with Crippen LogP contribution in [0.3, 0.4) is 0 Å². The van der Waals surface area contributed by atoms with Gasteiger partial charge < -0.3 is 9.64 Å². The lowest BCUT2D eigenvalue weighted by Gasteiger charge is -2.33. The van der Waals surface area contributed by atoms with Gasteiger partial charge in [-0.2, -0.15) is 5.10 Å². The number of aromatic nitrogens is 4. The van der Waals surface area contributed by atoms with Crippen LogP contribution in [0.5, 0.6) is 0 Å². The van der Waals surface area contributed by atoms with Crippen molar-refractivity contribution >= 4 is 49.0 Å². The van der Waals surface area contributed by atoms with E-state index < -0.39 is 10.7 Å². The molecule has 4 aromatic rings. The maximum Gasteiger partial charge on any atom is 0.163 e. The largest absolute Gasteiger partial charge is 0.378 e. The Morgan fingerprint density at radius 2 is 1.80 bits per heavy atom. The topological polar surface area (TPSA) is 108 Å². The van der Waals surface area contributed by atoms with Crippen molar-refractivity contribution in [1.29, 1.82) is 0 Å². The number of thiophene rings is 1. The van der Waals surface area contributed by atoms with Crippen molar-refractivity contribution in [2.45, 2.75) is 6.54 Å². The Kier molecular flexibility index (Phi) is 6.37. The Bertz CT molecular complexity index is 1410. The zero-order chi connectivity index (χ0) is 23.8. The molecule has 10 nitrogen and oxygen atoms in total. The molecule has 35 heavy (non-hydrogen) atoms. The van der Waals surface area contributed by atoms with E-state index in [-0.39, 0.29) is 5.88 Å². The minimum absolute atomic E-state index is 0.150. The fourth-order valence-corrected chi connectivity index (χ4v) is 6.48. The number of rotatable bonds is 6. The molecule has 6 rings (SSSR count). The highest BCUT2D eigenvalue weighted by Gasteiger charge is 2.23. The van der Waals surface area contributed by atoms with Gasteiger partial charge in [-0.1, -0.05) is 12.1 Å². The molecule has 2 fully saturated rings. The quantitative estimate of drug-likeness (QED) is 0.373. The predicted molar refractivity (Wildman–Crippen MR) is 138 cm³/mol. The van der Waals surface area contributed by atoms with E-state index in [1.165, 1.54) is 4.88 Å². The summed E-state index contributed by atoms with van der Waals surface area (Å²) in [6, 6.07) is 8.28. The SMILES string of the molecule is O=[SH](=O)CN1CCN(Cc2cc3c(N4CCOCC4)nc(-c4cccc5[nH]ncc45)nc3s2)CC1. The molecular formula is C23H27N7O3S2. The predicted octanol–water partition coefficient (Wildman–Crippen LogP) is 1.76. The Morgan fingerprint density at radius 3 is 2.60 bits per heavy atom. The van der Waals surface area contributed by atoms with Crippen LogP contribution < -0.4 is 4.90 Å². The molecule has 2 saturated heterocycles. The fraction of sp³-hybridized carbons (Fsp3) is 0.435. The third-order valence-corrected chi connectivity index (χ3v) is 8.26. The van der Waals surface area contributed by atoms with Gasteiger partial charge in [0.05, 0.1) is 36.2 Å². The summed E-state index contributed by atoms with van der Waals surface area (Å²) in [6.45, 7) is 7.06. The molecule has 0 radical (unpaired) electrons. The molecule has 0 saturated carbocycles. The third kappa shape index (κ3) is 4.76. The van der Waals surface area contributed by atoms with Crippen molar-refractivity contribution in [1.82, 2.24) is 30.0 Å². The first-order valence-electron chi connectivity index (χ1n) is 11.8. The van der Waals surface area contributed by atoms with Crippen molar-refractivity contribution in [3.05, 3.63) is 35.3 Å². The summed E-state index contributed by atoms with van der Waals surface area (Å²) >= 11 is 1.71. The summed E-state index contributed by atoms with van der Waals surface area (Å²) in [6.07, 6.45) is 1.83. The van der Waals surface area contributed by atoms with Crippen LogP contribution in [-0.4, -0.2) is 96.7 Å². The first-order chi connectivity index (χ1) is 17.1. The van der Waals surface area contributed by atoms with Gasteiger partial charge in [0.1, 0.15) is 10.6 Å². The number of thiol groups is 1. The molecule has 0 unspecified atom stereocenters. The van der Waals surface area contributed by atoms with Gasteiger partial charge in [-0.3, -0.25) is 14.9 Å². The number of ether oxygens (including phenoxy) is 1. The van der Waals surface area contributed by atoms with Crippen molar-refractivity contribution in [2.75, 3.05) is 63.3 Å². The summed E-state index contributed by atoms with van der Waals surface area (Å²) < 4.78 is 27.7. The van der Waals surface area contributed by atoms with E-state index in [0.717, 1.165) is 78.3 Å². The average molecular weight is 514 g/mol. The second-order valence-corrected chi connectivity index (χ2v) is 11.0. The lowest BCUT2D eigenvalue weighted by molar-refractivity contribution is 0.122. The van der Waals surface area contributed by atoms with Gasteiger partial charge in [0.25, 0.3) is 0 Å². The number of nitrogens with one attached hydrogen (secondary N) is 1. The summed E-state index contributed by atoms with van der Waals surface area (Å²) in [4.78, 5) is 19.0. The number of fused-ring (bicyclic) bond motifs is 2. The lowest BCUT2D eigenvalue weighted by Crippen LogP contribution is -2.46. The van der Waals surface area contributed by atoms with E-state index in [9.17, 15) is 8.42 Å². The molecule has 0 atom stereocenters. The van der Waals surface area contributed by atoms with E-state index >= 15 is 0 Å². The number of nitrogens with zero attached hydrogens (tertiary/aromatic N) is 6. The summed E-state index contributed by atoms with van der Waals surface area (Å²) in [7, 11) is -2.37. The normalized spacial score (nSPS) is 18.3. The Hall–Kier alpha value is -2.64. The highest BCUT2D eigenvalue weighted by atomic mass is 32.2. The molecule has 2 aliphatic rings. The number of H-pyrrole nitrogens is 1. The summed E-state index contributed by atoms with van der Waals surface area (Å²) in [5.74, 6) is 1.82. The monoisotopic (exact) mass is 513 g/mol. The third-order valence-electron chi connectivity index (χ3n) is 6.62. The van der Waals surface area contributed by atoms with Crippen molar-refractivity contribution < 1.29 is 13.2 Å². The van der Waals surface area contributed by atoms with Crippen LogP contribution in [0, 0.1) is 0 Å². The Morgan fingerprint density at radius 1 is 1.00 bits per heavy atom. The van der Waals surface area contributed by atoms with Crippen LogP contribution >= 0.6 is 11.3 Å². The highest BCUT2D eigenvalue weighted by molar-refractivity contribution is 7.72. The molecule has 3 aromatic heterocycles.